The molecule has 27 heavy (non-hydrogen) atoms. The lowest BCUT2D eigenvalue weighted by molar-refractivity contribution is 0.102. The first kappa shape index (κ1) is 17.0. The lowest BCUT2D eigenvalue weighted by Crippen LogP contribution is -2.03. The van der Waals surface area contributed by atoms with Crippen molar-refractivity contribution in [2.75, 3.05) is 5.75 Å². The fourth-order valence-corrected chi connectivity index (χ4v) is 3.47. The summed E-state index contributed by atoms with van der Waals surface area (Å²) < 4.78 is 1.72. The molecule has 0 aliphatic heterocycles. The molecule has 2 N–H and O–H groups in total. The van der Waals surface area contributed by atoms with E-state index in [-0.39, 0.29) is 23.0 Å². The van der Waals surface area contributed by atoms with E-state index in [0.717, 1.165) is 11.1 Å². The van der Waals surface area contributed by atoms with Crippen molar-refractivity contribution in [2.24, 2.45) is 0 Å². The van der Waals surface area contributed by atoms with Crippen molar-refractivity contribution >= 4 is 28.6 Å². The third-order valence-electron chi connectivity index (χ3n) is 3.97. The molecule has 7 nitrogen and oxygen atoms in total. The monoisotopic (exact) mass is 378 g/mol. The normalized spacial score (nSPS) is 11.0. The summed E-state index contributed by atoms with van der Waals surface area (Å²) in [4.78, 5) is 20.9. The summed E-state index contributed by atoms with van der Waals surface area (Å²) in [6.45, 7) is 0. The van der Waals surface area contributed by atoms with Crippen molar-refractivity contribution in [1.29, 1.82) is 0 Å². The maximum Gasteiger partial charge on any atom is 0.173 e. The Labute approximate surface area is 158 Å². The highest BCUT2D eigenvalue weighted by molar-refractivity contribution is 8.00. The Morgan fingerprint density at radius 2 is 1.85 bits per heavy atom. The van der Waals surface area contributed by atoms with Crippen LogP contribution >= 0.6 is 11.8 Å². The molecule has 0 saturated heterocycles. The van der Waals surface area contributed by atoms with Crippen LogP contribution in [-0.2, 0) is 0 Å². The summed E-state index contributed by atoms with van der Waals surface area (Å²) in [7, 11) is 0. The second kappa shape index (κ2) is 7.08. The van der Waals surface area contributed by atoms with Crippen LogP contribution in [0.5, 0.6) is 11.5 Å². The first-order valence-electron chi connectivity index (χ1n) is 8.05. The zero-order valence-electron chi connectivity index (χ0n) is 14.0. The predicted molar refractivity (Wildman–Crippen MR) is 101 cm³/mol. The molecular weight excluding hydrogens is 364 g/mol. The van der Waals surface area contributed by atoms with E-state index in [9.17, 15) is 15.0 Å². The van der Waals surface area contributed by atoms with Crippen LogP contribution in [0.2, 0.25) is 0 Å². The Hall–Kier alpha value is -3.39. The molecule has 0 saturated carbocycles. The van der Waals surface area contributed by atoms with Gasteiger partial charge in [0.1, 0.15) is 11.4 Å². The molecule has 0 aliphatic rings. The Balaban J connectivity index is 1.58. The zero-order chi connectivity index (χ0) is 18.8. The molecule has 2 aromatic carbocycles. The molecule has 4 aromatic rings. The zero-order valence-corrected chi connectivity index (χ0v) is 14.8. The van der Waals surface area contributed by atoms with Crippen molar-refractivity contribution in [2.45, 2.75) is 5.03 Å². The molecule has 0 radical (unpaired) electrons. The van der Waals surface area contributed by atoms with Gasteiger partial charge < -0.3 is 10.2 Å². The van der Waals surface area contributed by atoms with Crippen LogP contribution in [-0.4, -0.2) is 41.5 Å². The van der Waals surface area contributed by atoms with Crippen LogP contribution < -0.4 is 0 Å². The molecule has 0 atom stereocenters. The Bertz CT molecular complexity index is 1130. The quantitative estimate of drug-likeness (QED) is 0.238. The van der Waals surface area contributed by atoms with Crippen LogP contribution in [0, 0.1) is 0 Å². The maximum atomic E-state index is 12.4. The van der Waals surface area contributed by atoms with Crippen LogP contribution in [0.15, 0.2) is 66.1 Å². The van der Waals surface area contributed by atoms with Gasteiger partial charge in [-0.15, -0.1) is 0 Å². The number of hydrogen-bond acceptors (Lipinski definition) is 7. The Morgan fingerprint density at radius 1 is 1.04 bits per heavy atom. The van der Waals surface area contributed by atoms with Gasteiger partial charge in [0.2, 0.25) is 0 Å². The number of aromatic nitrogens is 4. The SMILES string of the molecule is O=C(CSc1ncnc2c1cnn2-c1ccccc1)c1ccc(O)c(O)c1. The molecule has 0 spiro atoms. The van der Waals surface area contributed by atoms with Gasteiger partial charge in [-0.05, 0) is 30.3 Å². The van der Waals surface area contributed by atoms with Crippen LogP contribution in [0.3, 0.4) is 0 Å². The van der Waals surface area contributed by atoms with E-state index in [0.29, 0.717) is 16.2 Å². The van der Waals surface area contributed by atoms with E-state index in [1.807, 2.05) is 30.3 Å². The number of rotatable bonds is 5. The Kier molecular flexibility index (Phi) is 4.47. The summed E-state index contributed by atoms with van der Waals surface area (Å²) in [6, 6.07) is 13.7. The number of thioether (sulfide) groups is 1. The van der Waals surface area contributed by atoms with Crippen LogP contribution in [0.4, 0.5) is 0 Å². The van der Waals surface area contributed by atoms with Gasteiger partial charge in [-0.3, -0.25) is 4.79 Å². The van der Waals surface area contributed by atoms with Gasteiger partial charge in [0.15, 0.2) is 22.9 Å². The standard InChI is InChI=1S/C19H14N4O3S/c24-15-7-6-12(8-16(15)25)17(26)10-27-19-14-9-22-23(18(14)20-11-21-19)13-4-2-1-3-5-13/h1-9,11,24-25H,10H2. The van der Waals surface area contributed by atoms with Crippen molar-refractivity contribution in [1.82, 2.24) is 19.7 Å². The number of phenols is 2. The third-order valence-corrected chi connectivity index (χ3v) is 4.97. The number of carbonyl (C=O) groups excluding carboxylic acids is 1. The van der Waals surface area contributed by atoms with E-state index in [2.05, 4.69) is 15.1 Å². The first-order valence-corrected chi connectivity index (χ1v) is 9.04. The molecule has 0 unspecified atom stereocenters. The molecule has 0 amide bonds. The van der Waals surface area contributed by atoms with Crippen LogP contribution in [0.1, 0.15) is 10.4 Å². The maximum absolute atomic E-state index is 12.4. The molecule has 0 aliphatic carbocycles. The fraction of sp³-hybridized carbons (Fsp3) is 0.0526. The second-order valence-corrected chi connectivity index (χ2v) is 6.69. The molecule has 2 heterocycles. The largest absolute Gasteiger partial charge is 0.504 e. The molecule has 2 aromatic heterocycles. The van der Waals surface area contributed by atoms with Gasteiger partial charge in [0.05, 0.1) is 23.0 Å². The fourth-order valence-electron chi connectivity index (χ4n) is 2.61. The first-order chi connectivity index (χ1) is 13.1. The topological polar surface area (TPSA) is 101 Å². The number of para-hydroxylation sites is 1. The van der Waals surface area contributed by atoms with E-state index < -0.39 is 0 Å². The van der Waals surface area contributed by atoms with Crippen LogP contribution in [0.25, 0.3) is 16.7 Å². The lowest BCUT2D eigenvalue weighted by atomic mass is 10.1. The van der Waals surface area contributed by atoms with Crippen molar-refractivity contribution in [3.63, 3.8) is 0 Å². The predicted octanol–water partition coefficient (Wildman–Crippen LogP) is 3.20. The van der Waals surface area contributed by atoms with Crippen molar-refractivity contribution in [3.8, 4) is 17.2 Å². The minimum absolute atomic E-state index is 0.132. The molecule has 0 fully saturated rings. The van der Waals surface area contributed by atoms with Gasteiger partial charge in [-0.25, -0.2) is 14.6 Å². The minimum Gasteiger partial charge on any atom is -0.504 e. The molecule has 8 heteroatoms. The number of phenolic OH excluding ortho intramolecular Hbond substituents is 2. The van der Waals surface area contributed by atoms with E-state index in [1.165, 1.54) is 36.3 Å². The summed E-state index contributed by atoms with van der Waals surface area (Å²) in [5.74, 6) is -0.630. The Morgan fingerprint density at radius 3 is 2.63 bits per heavy atom. The summed E-state index contributed by atoms with van der Waals surface area (Å²) in [5.41, 5.74) is 1.87. The van der Waals surface area contributed by atoms with E-state index >= 15 is 0 Å². The van der Waals surface area contributed by atoms with E-state index in [1.54, 1.807) is 10.9 Å². The molecular formula is C19H14N4O3S. The number of aromatic hydroxyl groups is 2. The lowest BCUT2D eigenvalue weighted by Gasteiger charge is -2.05. The number of hydrogen-bond donors (Lipinski definition) is 2. The summed E-state index contributed by atoms with van der Waals surface area (Å²) in [5, 5.41) is 24.7. The second-order valence-electron chi connectivity index (χ2n) is 5.72. The highest BCUT2D eigenvalue weighted by Crippen LogP contribution is 2.28. The van der Waals surface area contributed by atoms with Gasteiger partial charge in [-0.1, -0.05) is 30.0 Å². The summed E-state index contributed by atoms with van der Waals surface area (Å²) >= 11 is 1.27. The average molecular weight is 378 g/mol. The number of benzene rings is 2. The third kappa shape index (κ3) is 3.34. The van der Waals surface area contributed by atoms with E-state index in [4.69, 9.17) is 0 Å². The molecule has 134 valence electrons. The smallest absolute Gasteiger partial charge is 0.173 e. The summed E-state index contributed by atoms with van der Waals surface area (Å²) in [6.07, 6.45) is 3.13. The number of carbonyl (C=O) groups is 1. The van der Waals surface area contributed by atoms with Gasteiger partial charge in [-0.2, -0.15) is 5.10 Å². The highest BCUT2D eigenvalue weighted by atomic mass is 32.2. The molecule has 4 rings (SSSR count). The van der Waals surface area contributed by atoms with Gasteiger partial charge >= 0.3 is 0 Å². The minimum atomic E-state index is -0.320. The van der Waals surface area contributed by atoms with Gasteiger partial charge in [0.25, 0.3) is 0 Å². The van der Waals surface area contributed by atoms with Crippen molar-refractivity contribution in [3.05, 3.63) is 66.6 Å². The van der Waals surface area contributed by atoms with Gasteiger partial charge in [0, 0.05) is 5.56 Å². The molecule has 0 bridgehead atoms. The number of fused-ring (bicyclic) bond motifs is 1. The highest BCUT2D eigenvalue weighted by Gasteiger charge is 2.14. The number of Topliss-reactive ketones (excluding diaryl/α,β-unsaturated/α-hetero) is 1. The average Bonchev–Trinajstić information content (AvgIpc) is 3.13. The number of ketones is 1. The number of nitrogens with zero attached hydrogens (tertiary/aromatic N) is 4. The van der Waals surface area contributed by atoms with Crippen molar-refractivity contribution < 1.29 is 15.0 Å².